The zero-order valence-corrected chi connectivity index (χ0v) is 21.8. The number of hydrogen-bond donors (Lipinski definition) is 4. The zero-order valence-electron chi connectivity index (χ0n) is 21.8. The number of rotatable bonds is 12. The summed E-state index contributed by atoms with van der Waals surface area (Å²) in [6.45, 7) is 2.29. The average Bonchev–Trinajstić information content (AvgIpc) is 3.26. The highest BCUT2D eigenvalue weighted by Gasteiger charge is 2.51. The van der Waals surface area contributed by atoms with E-state index in [0.29, 0.717) is 34.7 Å². The van der Waals surface area contributed by atoms with E-state index in [9.17, 15) is 24.9 Å². The second kappa shape index (κ2) is 12.3. The molecule has 1 aromatic carbocycles. The van der Waals surface area contributed by atoms with E-state index >= 15 is 0 Å². The Labute approximate surface area is 218 Å². The highest BCUT2D eigenvalue weighted by atomic mass is 16.5. The Morgan fingerprint density at radius 2 is 1.97 bits per heavy atom. The van der Waals surface area contributed by atoms with Gasteiger partial charge in [0.05, 0.1) is 32.3 Å². The minimum atomic E-state index is -1.07. The first kappa shape index (κ1) is 27.4. The van der Waals surface area contributed by atoms with Crippen molar-refractivity contribution >= 4 is 11.8 Å². The second-order valence-electron chi connectivity index (χ2n) is 10.2. The van der Waals surface area contributed by atoms with Crippen LogP contribution in [-0.4, -0.2) is 77.1 Å². The van der Waals surface area contributed by atoms with Gasteiger partial charge in [-0.05, 0) is 43.0 Å². The first-order valence-corrected chi connectivity index (χ1v) is 13.5. The van der Waals surface area contributed by atoms with Gasteiger partial charge in [0.25, 0.3) is 0 Å². The van der Waals surface area contributed by atoms with E-state index in [0.717, 1.165) is 44.9 Å². The van der Waals surface area contributed by atoms with Crippen LogP contribution >= 0.6 is 0 Å². The Balaban J connectivity index is 1.74. The minimum Gasteiger partial charge on any atom is -0.493 e. The molecule has 1 saturated carbocycles. The molecule has 1 aliphatic heterocycles. The molecule has 4 unspecified atom stereocenters. The molecule has 1 fully saturated rings. The predicted molar refractivity (Wildman–Crippen MR) is 137 cm³/mol. The summed E-state index contributed by atoms with van der Waals surface area (Å²) in [5, 5.41) is 33.5. The van der Waals surface area contributed by atoms with Crippen LogP contribution in [0.1, 0.15) is 68.9 Å². The Hall–Kier alpha value is -2.62. The largest absolute Gasteiger partial charge is 0.493 e. The molecule has 4 N–H and O–H groups in total. The van der Waals surface area contributed by atoms with Gasteiger partial charge in [0.15, 0.2) is 11.5 Å². The molecule has 0 radical (unpaired) electrons. The van der Waals surface area contributed by atoms with Gasteiger partial charge in [0.1, 0.15) is 12.2 Å². The maximum absolute atomic E-state index is 13.5. The fourth-order valence-corrected chi connectivity index (χ4v) is 5.62. The molecule has 4 atom stereocenters. The van der Waals surface area contributed by atoms with Gasteiger partial charge in [-0.2, -0.15) is 0 Å². The topological polar surface area (TPSA) is 129 Å². The van der Waals surface area contributed by atoms with Crippen LogP contribution in [-0.2, 0) is 16.2 Å². The molecule has 2 aliphatic carbocycles. The number of aliphatic hydroxyl groups is 3. The Morgan fingerprint density at radius 1 is 1.19 bits per heavy atom. The van der Waals surface area contributed by atoms with Crippen molar-refractivity contribution < 1.29 is 34.4 Å². The van der Waals surface area contributed by atoms with Crippen molar-refractivity contribution in [2.75, 3.05) is 26.8 Å². The molecule has 1 aromatic rings. The first-order chi connectivity index (χ1) is 17.9. The fraction of sp³-hybridized carbons (Fsp3) is 0.643. The number of nitrogens with one attached hydrogen (secondary N) is 1. The van der Waals surface area contributed by atoms with Crippen molar-refractivity contribution in [3.05, 3.63) is 34.9 Å². The van der Waals surface area contributed by atoms with Gasteiger partial charge < -0.3 is 35.0 Å². The average molecular weight is 517 g/mol. The number of aliphatic hydroxyl groups excluding tert-OH is 3. The maximum atomic E-state index is 13.5. The Kier molecular flexibility index (Phi) is 9.10. The van der Waals surface area contributed by atoms with Gasteiger partial charge in [-0.25, -0.2) is 0 Å². The number of amides is 2. The zero-order chi connectivity index (χ0) is 26.5. The quantitative estimate of drug-likeness (QED) is 0.313. The summed E-state index contributed by atoms with van der Waals surface area (Å²) < 4.78 is 11.8. The lowest BCUT2D eigenvalue weighted by Gasteiger charge is -2.43. The van der Waals surface area contributed by atoms with Gasteiger partial charge in [-0.3, -0.25) is 9.59 Å². The lowest BCUT2D eigenvalue weighted by Crippen LogP contribution is -2.57. The molecule has 204 valence electrons. The molecule has 0 saturated heterocycles. The molecule has 0 aromatic heterocycles. The first-order valence-electron chi connectivity index (χ1n) is 13.5. The lowest BCUT2D eigenvalue weighted by atomic mass is 9.76. The van der Waals surface area contributed by atoms with E-state index in [4.69, 9.17) is 9.47 Å². The van der Waals surface area contributed by atoms with Crippen molar-refractivity contribution in [3.63, 3.8) is 0 Å². The molecule has 9 heteroatoms. The molecule has 9 nitrogen and oxygen atoms in total. The summed E-state index contributed by atoms with van der Waals surface area (Å²) in [6, 6.07) is 2.73. The lowest BCUT2D eigenvalue weighted by molar-refractivity contribution is -0.144. The van der Waals surface area contributed by atoms with Crippen LogP contribution in [0.25, 0.3) is 0 Å². The second-order valence-corrected chi connectivity index (χ2v) is 10.2. The van der Waals surface area contributed by atoms with Crippen LogP contribution in [0.5, 0.6) is 11.5 Å². The number of carbonyl (C=O) groups is 2. The summed E-state index contributed by atoms with van der Waals surface area (Å²) in [6.07, 6.45) is 6.49. The predicted octanol–water partition coefficient (Wildman–Crippen LogP) is 2.02. The van der Waals surface area contributed by atoms with Crippen molar-refractivity contribution in [1.82, 2.24) is 10.2 Å². The van der Waals surface area contributed by atoms with Gasteiger partial charge in [-0.1, -0.05) is 32.6 Å². The normalized spacial score (nSPS) is 24.3. The molecule has 0 bridgehead atoms. The Bertz CT molecular complexity index is 1010. The standard InChI is InChI=1S/C28H40N2O7/c1-3-4-5-6-11-30(28(35)18-8-7-9-18)21-15-20(27(34)29-10-12-31)23-19-13-17(16-32)14-22(36-2)25(19)37-26(23)24(21)33/h13-15,18,21,23-24,26,31-33H,3-12,16H2,1-2H3,(H,29,34). The van der Waals surface area contributed by atoms with E-state index in [-0.39, 0.29) is 37.5 Å². The third-order valence-corrected chi connectivity index (χ3v) is 7.84. The highest BCUT2D eigenvalue weighted by Crippen LogP contribution is 2.51. The smallest absolute Gasteiger partial charge is 0.247 e. The van der Waals surface area contributed by atoms with Gasteiger partial charge >= 0.3 is 0 Å². The number of benzene rings is 1. The summed E-state index contributed by atoms with van der Waals surface area (Å²) >= 11 is 0. The molecule has 37 heavy (non-hydrogen) atoms. The van der Waals surface area contributed by atoms with E-state index < -0.39 is 24.2 Å². The van der Waals surface area contributed by atoms with Crippen LogP contribution < -0.4 is 14.8 Å². The van der Waals surface area contributed by atoms with Crippen LogP contribution in [0.15, 0.2) is 23.8 Å². The highest BCUT2D eigenvalue weighted by molar-refractivity contribution is 5.96. The van der Waals surface area contributed by atoms with E-state index in [1.165, 1.54) is 7.11 Å². The number of carbonyl (C=O) groups excluding carboxylic acids is 2. The summed E-state index contributed by atoms with van der Waals surface area (Å²) in [7, 11) is 1.50. The van der Waals surface area contributed by atoms with Crippen molar-refractivity contribution in [2.45, 2.75) is 82.6 Å². The van der Waals surface area contributed by atoms with Crippen molar-refractivity contribution in [1.29, 1.82) is 0 Å². The van der Waals surface area contributed by atoms with E-state index in [1.807, 2.05) is 0 Å². The number of fused-ring (bicyclic) bond motifs is 3. The van der Waals surface area contributed by atoms with Crippen molar-refractivity contribution in [3.8, 4) is 11.5 Å². The van der Waals surface area contributed by atoms with Crippen molar-refractivity contribution in [2.24, 2.45) is 5.92 Å². The molecule has 2 amide bonds. The van der Waals surface area contributed by atoms with Crippen LogP contribution in [0.3, 0.4) is 0 Å². The molecule has 0 spiro atoms. The third kappa shape index (κ3) is 5.49. The molecule has 4 rings (SSSR count). The number of hydrogen-bond acceptors (Lipinski definition) is 7. The van der Waals surface area contributed by atoms with Gasteiger partial charge in [0, 0.05) is 30.1 Å². The third-order valence-electron chi connectivity index (χ3n) is 7.84. The molecular weight excluding hydrogens is 476 g/mol. The summed E-state index contributed by atoms with van der Waals surface area (Å²) in [5.41, 5.74) is 1.63. The van der Waals surface area contributed by atoms with E-state index in [1.54, 1.807) is 23.1 Å². The van der Waals surface area contributed by atoms with Crippen LogP contribution in [0.4, 0.5) is 0 Å². The van der Waals surface area contributed by atoms with Gasteiger partial charge in [-0.15, -0.1) is 0 Å². The summed E-state index contributed by atoms with van der Waals surface area (Å²) in [4.78, 5) is 28.6. The molecule has 3 aliphatic rings. The minimum absolute atomic E-state index is 0.0206. The maximum Gasteiger partial charge on any atom is 0.247 e. The number of nitrogens with zero attached hydrogens (tertiary/aromatic N) is 1. The van der Waals surface area contributed by atoms with E-state index in [2.05, 4.69) is 12.2 Å². The fourth-order valence-electron chi connectivity index (χ4n) is 5.62. The van der Waals surface area contributed by atoms with Crippen LogP contribution in [0, 0.1) is 5.92 Å². The SMILES string of the molecule is CCCCCCN(C(=O)C1CCC1)C1C=C(C(=O)NCCO)C2c3cc(CO)cc(OC)c3OC2C1O. The Morgan fingerprint density at radius 3 is 2.59 bits per heavy atom. The monoisotopic (exact) mass is 516 g/mol. The summed E-state index contributed by atoms with van der Waals surface area (Å²) in [5.74, 6) is -0.182. The molecular formula is C28H40N2O7. The van der Waals surface area contributed by atoms with Crippen LogP contribution in [0.2, 0.25) is 0 Å². The van der Waals surface area contributed by atoms with Gasteiger partial charge in [0.2, 0.25) is 11.8 Å². The number of ether oxygens (including phenoxy) is 2. The number of methoxy groups -OCH3 is 1. The number of unbranched alkanes of at least 4 members (excludes halogenated alkanes) is 3. The molecule has 1 heterocycles.